The van der Waals surface area contributed by atoms with Crippen molar-refractivity contribution in [2.75, 3.05) is 5.32 Å². The summed E-state index contributed by atoms with van der Waals surface area (Å²) in [5.74, 6) is -0.713. The number of nitrogens with one attached hydrogen (secondary N) is 1. The van der Waals surface area contributed by atoms with E-state index in [2.05, 4.69) is 21.2 Å². The lowest BCUT2D eigenvalue weighted by atomic mass is 10.2. The van der Waals surface area contributed by atoms with Gasteiger partial charge in [-0.1, -0.05) is 36.4 Å². The quantitative estimate of drug-likeness (QED) is 0.844. The van der Waals surface area contributed by atoms with Gasteiger partial charge in [-0.05, 0) is 45.8 Å². The van der Waals surface area contributed by atoms with Crippen LogP contribution in [-0.4, -0.2) is 5.91 Å². The molecule has 0 atom stereocenters. The van der Waals surface area contributed by atoms with Gasteiger partial charge >= 0.3 is 0 Å². The van der Waals surface area contributed by atoms with Crippen LogP contribution in [0.15, 0.2) is 59.1 Å². The number of benzene rings is 2. The van der Waals surface area contributed by atoms with Crippen LogP contribution in [0.3, 0.4) is 0 Å². The van der Waals surface area contributed by atoms with Crippen LogP contribution in [0.25, 0.3) is 6.08 Å². The van der Waals surface area contributed by atoms with Crippen molar-refractivity contribution in [1.29, 1.82) is 0 Å². The van der Waals surface area contributed by atoms with Crippen LogP contribution in [0.5, 0.6) is 0 Å². The Morgan fingerprint density at radius 3 is 2.53 bits per heavy atom. The van der Waals surface area contributed by atoms with Crippen molar-refractivity contribution >= 4 is 33.6 Å². The third-order valence-electron chi connectivity index (χ3n) is 2.39. The van der Waals surface area contributed by atoms with E-state index in [-0.39, 0.29) is 11.7 Å². The van der Waals surface area contributed by atoms with Crippen molar-refractivity contribution in [2.45, 2.75) is 0 Å². The number of halogens is 2. The number of carbonyl (C=O) groups is 1. The lowest BCUT2D eigenvalue weighted by molar-refractivity contribution is -0.112. The monoisotopic (exact) mass is 319 g/mol. The maximum atomic E-state index is 13.0. The van der Waals surface area contributed by atoms with Gasteiger partial charge in [0.15, 0.2) is 0 Å². The molecule has 96 valence electrons. The van der Waals surface area contributed by atoms with E-state index in [1.165, 1.54) is 12.1 Å². The minimum atomic E-state index is -0.388. The number of hydrogen-bond donors (Lipinski definition) is 1. The zero-order valence-corrected chi connectivity index (χ0v) is 11.5. The van der Waals surface area contributed by atoms with Gasteiger partial charge in [0.1, 0.15) is 5.82 Å². The highest BCUT2D eigenvalue weighted by atomic mass is 79.9. The summed E-state index contributed by atoms with van der Waals surface area (Å²) in [6, 6.07) is 15.2. The summed E-state index contributed by atoms with van der Waals surface area (Å²) in [4.78, 5) is 11.9. The molecule has 2 aromatic rings. The smallest absolute Gasteiger partial charge is 0.262 e. The zero-order chi connectivity index (χ0) is 13.7. The highest BCUT2D eigenvalue weighted by molar-refractivity contribution is 9.12. The highest BCUT2D eigenvalue weighted by Crippen LogP contribution is 2.16. The molecule has 0 aliphatic carbocycles. The van der Waals surface area contributed by atoms with Crippen LogP contribution >= 0.6 is 15.9 Å². The van der Waals surface area contributed by atoms with Crippen LogP contribution in [0.2, 0.25) is 0 Å². The Bertz CT molecular complexity index is 611. The van der Waals surface area contributed by atoms with Crippen molar-refractivity contribution < 1.29 is 9.18 Å². The van der Waals surface area contributed by atoms with Crippen LogP contribution < -0.4 is 5.32 Å². The Morgan fingerprint density at radius 1 is 1.11 bits per heavy atom. The maximum absolute atomic E-state index is 13.0. The molecule has 2 rings (SSSR count). The summed E-state index contributed by atoms with van der Waals surface area (Å²) in [6.07, 6.45) is 1.70. The lowest BCUT2D eigenvalue weighted by Crippen LogP contribution is -2.11. The molecule has 0 saturated carbocycles. The molecule has 0 aliphatic heterocycles. The fourth-order valence-electron chi connectivity index (χ4n) is 1.52. The van der Waals surface area contributed by atoms with Gasteiger partial charge in [-0.15, -0.1) is 0 Å². The summed E-state index contributed by atoms with van der Waals surface area (Å²) < 4.78 is 13.4. The van der Waals surface area contributed by atoms with E-state index in [1.807, 2.05) is 30.3 Å². The maximum Gasteiger partial charge on any atom is 0.262 e. The third-order valence-corrected chi connectivity index (χ3v) is 2.98. The van der Waals surface area contributed by atoms with E-state index in [9.17, 15) is 9.18 Å². The Hall–Kier alpha value is -1.94. The van der Waals surface area contributed by atoms with E-state index in [1.54, 1.807) is 18.2 Å². The Balaban J connectivity index is 2.10. The second-order valence-corrected chi connectivity index (χ2v) is 4.72. The van der Waals surface area contributed by atoms with Crippen LogP contribution in [0, 0.1) is 5.82 Å². The second-order valence-electron chi connectivity index (χ2n) is 3.87. The van der Waals surface area contributed by atoms with Crippen molar-refractivity contribution in [3.8, 4) is 0 Å². The van der Waals surface area contributed by atoms with E-state index >= 15 is 0 Å². The first-order valence-electron chi connectivity index (χ1n) is 5.64. The number of rotatable bonds is 3. The number of amides is 1. The van der Waals surface area contributed by atoms with Gasteiger partial charge < -0.3 is 5.32 Å². The molecule has 0 spiro atoms. The molecular formula is C15H11BrFNO. The molecule has 0 aliphatic rings. The summed E-state index contributed by atoms with van der Waals surface area (Å²) in [6.45, 7) is 0. The number of anilines is 1. The average Bonchev–Trinajstić information content (AvgIpc) is 2.40. The molecule has 1 amide bonds. The van der Waals surface area contributed by atoms with Gasteiger partial charge in [0.25, 0.3) is 5.91 Å². The molecule has 4 heteroatoms. The molecule has 2 nitrogen and oxygen atoms in total. The fourth-order valence-corrected chi connectivity index (χ4v) is 1.88. The van der Waals surface area contributed by atoms with Crippen LogP contribution in [-0.2, 0) is 4.79 Å². The fraction of sp³-hybridized carbons (Fsp3) is 0. The summed E-state index contributed by atoms with van der Waals surface area (Å²) >= 11 is 3.21. The molecule has 0 heterocycles. The molecule has 0 unspecified atom stereocenters. The minimum absolute atomic E-state index is 0.325. The zero-order valence-electron chi connectivity index (χ0n) is 9.94. The molecule has 0 bridgehead atoms. The van der Waals surface area contributed by atoms with Crippen LogP contribution in [0.4, 0.5) is 10.1 Å². The molecule has 2 aromatic carbocycles. The van der Waals surface area contributed by atoms with Gasteiger partial charge in [-0.2, -0.15) is 0 Å². The normalized spacial score (nSPS) is 11.2. The van der Waals surface area contributed by atoms with Crippen molar-refractivity contribution in [2.24, 2.45) is 0 Å². The van der Waals surface area contributed by atoms with Crippen molar-refractivity contribution in [1.82, 2.24) is 0 Å². The summed E-state index contributed by atoms with van der Waals surface area (Å²) in [7, 11) is 0. The van der Waals surface area contributed by atoms with Gasteiger partial charge in [0.05, 0.1) is 4.48 Å². The Morgan fingerprint density at radius 2 is 1.84 bits per heavy atom. The van der Waals surface area contributed by atoms with Gasteiger partial charge in [-0.3, -0.25) is 4.79 Å². The average molecular weight is 320 g/mol. The predicted molar refractivity (Wildman–Crippen MR) is 78.4 cm³/mol. The molecule has 0 aromatic heterocycles. The van der Waals surface area contributed by atoms with Gasteiger partial charge in [0, 0.05) is 5.69 Å². The standard InChI is InChI=1S/C15H11BrFNO/c16-14(9-11-5-2-1-3-6-11)15(19)18-13-8-4-7-12(17)10-13/h1-10H,(H,18,19). The first-order valence-corrected chi connectivity index (χ1v) is 6.43. The van der Waals surface area contributed by atoms with Crippen molar-refractivity contribution in [3.63, 3.8) is 0 Å². The van der Waals surface area contributed by atoms with Gasteiger partial charge in [-0.25, -0.2) is 4.39 Å². The Kier molecular flexibility index (Phi) is 4.47. The van der Waals surface area contributed by atoms with Crippen LogP contribution in [0.1, 0.15) is 5.56 Å². The van der Waals surface area contributed by atoms with E-state index < -0.39 is 0 Å². The number of hydrogen-bond acceptors (Lipinski definition) is 1. The first kappa shape index (κ1) is 13.5. The van der Waals surface area contributed by atoms with E-state index in [4.69, 9.17) is 0 Å². The minimum Gasteiger partial charge on any atom is -0.321 e. The summed E-state index contributed by atoms with van der Waals surface area (Å²) in [5.41, 5.74) is 1.33. The second kappa shape index (κ2) is 6.29. The lowest BCUT2D eigenvalue weighted by Gasteiger charge is -2.04. The molecule has 0 radical (unpaired) electrons. The van der Waals surface area contributed by atoms with E-state index in [0.29, 0.717) is 10.2 Å². The predicted octanol–water partition coefficient (Wildman–Crippen LogP) is 4.20. The summed E-state index contributed by atoms with van der Waals surface area (Å²) in [5, 5.41) is 2.61. The topological polar surface area (TPSA) is 29.1 Å². The largest absolute Gasteiger partial charge is 0.321 e. The third kappa shape index (κ3) is 4.03. The Labute approximate surface area is 119 Å². The van der Waals surface area contributed by atoms with E-state index in [0.717, 1.165) is 5.56 Å². The number of carbonyl (C=O) groups excluding carboxylic acids is 1. The van der Waals surface area contributed by atoms with Gasteiger partial charge in [0.2, 0.25) is 0 Å². The molecule has 1 N–H and O–H groups in total. The molecule has 0 fully saturated rings. The first-order chi connectivity index (χ1) is 9.15. The SMILES string of the molecule is O=C(Nc1cccc(F)c1)C(Br)=Cc1ccccc1. The molecule has 0 saturated heterocycles. The molecule has 19 heavy (non-hydrogen) atoms. The molecular weight excluding hydrogens is 309 g/mol. The van der Waals surface area contributed by atoms with Crippen molar-refractivity contribution in [3.05, 3.63) is 70.5 Å². The highest BCUT2D eigenvalue weighted by Gasteiger charge is 2.07.